The number of hydrogen-bond donors (Lipinski definition) is 0. The van der Waals surface area contributed by atoms with E-state index in [1.54, 1.807) is 0 Å². The minimum Gasteiger partial charge on any atom is -0.494 e. The molecule has 1 nitrogen and oxygen atoms in total. The highest BCUT2D eigenvalue weighted by molar-refractivity contribution is 5.91. The second-order valence-electron chi connectivity index (χ2n) is 4.57. The summed E-state index contributed by atoms with van der Waals surface area (Å²) in [7, 11) is 0. The van der Waals surface area contributed by atoms with E-state index >= 15 is 0 Å². The molecule has 1 aliphatic carbocycles. The summed E-state index contributed by atoms with van der Waals surface area (Å²) < 4.78 is 5.54. The van der Waals surface area contributed by atoms with E-state index in [4.69, 9.17) is 4.74 Å². The van der Waals surface area contributed by atoms with Crippen LogP contribution in [0.1, 0.15) is 37.5 Å². The molecule has 0 heterocycles. The average Bonchev–Trinajstić information content (AvgIpc) is 2.72. The number of benzene rings is 2. The summed E-state index contributed by atoms with van der Waals surface area (Å²) in [5.41, 5.74) is 2.68. The molecular weight excluding hydrogens is 220 g/mol. The van der Waals surface area contributed by atoms with E-state index in [1.165, 1.54) is 34.6 Å². The first kappa shape index (κ1) is 12.7. The third-order valence-corrected chi connectivity index (χ3v) is 3.04. The zero-order valence-corrected chi connectivity index (χ0v) is 11.1. The Bertz CT molecular complexity index is 537. The number of hydrogen-bond acceptors (Lipinski definition) is 1. The Hall–Kier alpha value is -1.76. The summed E-state index contributed by atoms with van der Waals surface area (Å²) in [6.07, 6.45) is 3.90. The molecule has 18 heavy (non-hydrogen) atoms. The molecule has 0 aromatic heterocycles. The van der Waals surface area contributed by atoms with E-state index in [-0.39, 0.29) is 6.10 Å². The van der Waals surface area contributed by atoms with Gasteiger partial charge in [-0.2, -0.15) is 0 Å². The lowest BCUT2D eigenvalue weighted by molar-refractivity contribution is 0.153. The van der Waals surface area contributed by atoms with Crippen LogP contribution in [0.2, 0.25) is 0 Å². The van der Waals surface area contributed by atoms with Crippen molar-refractivity contribution in [3.63, 3.8) is 0 Å². The van der Waals surface area contributed by atoms with Crippen molar-refractivity contribution < 1.29 is 4.74 Å². The van der Waals surface area contributed by atoms with Gasteiger partial charge < -0.3 is 4.74 Å². The van der Waals surface area contributed by atoms with Gasteiger partial charge in [-0.15, -0.1) is 0 Å². The molecule has 0 saturated heterocycles. The number of rotatable bonds is 2. The summed E-state index contributed by atoms with van der Waals surface area (Å²) in [6.45, 7) is 7.88. The van der Waals surface area contributed by atoms with E-state index in [1.807, 2.05) is 0 Å². The van der Waals surface area contributed by atoms with E-state index < -0.39 is 0 Å². The maximum absolute atomic E-state index is 5.54. The monoisotopic (exact) mass is 240 g/mol. The van der Waals surface area contributed by atoms with E-state index in [2.05, 4.69) is 56.8 Å². The maximum Gasteiger partial charge on any atom is 0.127 e. The minimum absolute atomic E-state index is 0.156. The molecule has 0 fully saturated rings. The zero-order chi connectivity index (χ0) is 13.0. The molecule has 0 spiro atoms. The first-order valence-electron chi connectivity index (χ1n) is 6.58. The zero-order valence-electron chi connectivity index (χ0n) is 11.1. The van der Waals surface area contributed by atoms with Crippen molar-refractivity contribution in [3.05, 3.63) is 60.4 Å². The van der Waals surface area contributed by atoms with Gasteiger partial charge in [-0.05, 0) is 16.3 Å². The molecule has 0 bridgehead atoms. The topological polar surface area (TPSA) is 9.23 Å². The van der Waals surface area contributed by atoms with Gasteiger partial charge in [-0.1, -0.05) is 63.2 Å². The molecule has 3 rings (SSSR count). The molecule has 2 aromatic rings. The van der Waals surface area contributed by atoms with Gasteiger partial charge in [-0.3, -0.25) is 0 Å². The molecule has 0 aliphatic heterocycles. The van der Waals surface area contributed by atoms with Crippen molar-refractivity contribution in [2.45, 2.75) is 32.8 Å². The quantitative estimate of drug-likeness (QED) is 0.670. The Balaban J connectivity index is 0.000000367. The first-order chi connectivity index (χ1) is 8.81. The van der Waals surface area contributed by atoms with Crippen molar-refractivity contribution in [2.75, 3.05) is 0 Å². The van der Waals surface area contributed by atoms with Crippen LogP contribution in [0, 0.1) is 0 Å². The highest BCUT2D eigenvalue weighted by Gasteiger charge is 2.24. The molecule has 1 atom stereocenters. The van der Waals surface area contributed by atoms with Crippen LogP contribution in [-0.4, -0.2) is 0 Å². The van der Waals surface area contributed by atoms with Crippen LogP contribution in [0.5, 0.6) is 0 Å². The van der Waals surface area contributed by atoms with Crippen LogP contribution in [0.3, 0.4) is 0 Å². The Labute approximate surface area is 109 Å². The fourth-order valence-corrected chi connectivity index (χ4v) is 2.44. The second kappa shape index (κ2) is 5.72. The lowest BCUT2D eigenvalue weighted by Gasteiger charge is -2.10. The van der Waals surface area contributed by atoms with Crippen LogP contribution < -0.4 is 0 Å². The van der Waals surface area contributed by atoms with E-state index in [9.17, 15) is 0 Å². The summed E-state index contributed by atoms with van der Waals surface area (Å²) in [5, 5.41) is 2.67. The van der Waals surface area contributed by atoms with Gasteiger partial charge in [0.15, 0.2) is 0 Å². The van der Waals surface area contributed by atoms with Crippen LogP contribution in [0.25, 0.3) is 10.8 Å². The smallest absolute Gasteiger partial charge is 0.127 e. The third kappa shape index (κ3) is 2.26. The van der Waals surface area contributed by atoms with Crippen LogP contribution in [-0.2, 0) is 11.2 Å². The SMILES string of the molecule is C=COC1Cc2cccc3cccc1c23.CCC. The normalized spacial score (nSPS) is 16.0. The Kier molecular flexibility index (Phi) is 4.03. The van der Waals surface area contributed by atoms with Gasteiger partial charge in [0.25, 0.3) is 0 Å². The van der Waals surface area contributed by atoms with Gasteiger partial charge in [0, 0.05) is 12.0 Å². The van der Waals surface area contributed by atoms with E-state index in [0.717, 1.165) is 6.42 Å². The Morgan fingerprint density at radius 1 is 1.22 bits per heavy atom. The lowest BCUT2D eigenvalue weighted by Crippen LogP contribution is -1.96. The van der Waals surface area contributed by atoms with Crippen molar-refractivity contribution in [2.24, 2.45) is 0 Å². The molecule has 0 radical (unpaired) electrons. The largest absolute Gasteiger partial charge is 0.494 e. The average molecular weight is 240 g/mol. The van der Waals surface area contributed by atoms with Crippen LogP contribution in [0.15, 0.2) is 49.2 Å². The fourth-order valence-electron chi connectivity index (χ4n) is 2.44. The van der Waals surface area contributed by atoms with Crippen LogP contribution in [0.4, 0.5) is 0 Å². The molecular formula is C17H20O. The summed E-state index contributed by atoms with van der Waals surface area (Å²) in [5.74, 6) is 0. The van der Waals surface area contributed by atoms with Crippen molar-refractivity contribution >= 4 is 10.8 Å². The first-order valence-corrected chi connectivity index (χ1v) is 6.58. The minimum atomic E-state index is 0.156. The van der Waals surface area contributed by atoms with Crippen molar-refractivity contribution in [3.8, 4) is 0 Å². The predicted molar refractivity (Wildman–Crippen MR) is 77.6 cm³/mol. The third-order valence-electron chi connectivity index (χ3n) is 3.04. The Morgan fingerprint density at radius 3 is 2.56 bits per heavy atom. The molecule has 2 aromatic carbocycles. The van der Waals surface area contributed by atoms with Crippen molar-refractivity contribution in [1.82, 2.24) is 0 Å². The van der Waals surface area contributed by atoms with Crippen LogP contribution >= 0.6 is 0 Å². The fraction of sp³-hybridized carbons (Fsp3) is 0.294. The summed E-state index contributed by atoms with van der Waals surface area (Å²) >= 11 is 0. The molecule has 1 aliphatic rings. The molecule has 0 N–H and O–H groups in total. The summed E-state index contributed by atoms with van der Waals surface area (Å²) in [4.78, 5) is 0. The van der Waals surface area contributed by atoms with Gasteiger partial charge in [0.1, 0.15) is 6.10 Å². The predicted octanol–water partition coefficient (Wildman–Crippen LogP) is 5.01. The van der Waals surface area contributed by atoms with Gasteiger partial charge in [-0.25, -0.2) is 0 Å². The number of ether oxygens (including phenoxy) is 1. The molecule has 1 heteroatoms. The summed E-state index contributed by atoms with van der Waals surface area (Å²) in [6, 6.07) is 12.8. The second-order valence-corrected chi connectivity index (χ2v) is 4.57. The highest BCUT2D eigenvalue weighted by atomic mass is 16.5. The van der Waals surface area contributed by atoms with E-state index in [0.29, 0.717) is 0 Å². The lowest BCUT2D eigenvalue weighted by atomic mass is 10.1. The molecule has 0 amide bonds. The Morgan fingerprint density at radius 2 is 1.89 bits per heavy atom. The van der Waals surface area contributed by atoms with Gasteiger partial charge in [0.05, 0.1) is 6.26 Å². The highest BCUT2D eigenvalue weighted by Crippen LogP contribution is 2.38. The van der Waals surface area contributed by atoms with Crippen molar-refractivity contribution in [1.29, 1.82) is 0 Å². The van der Waals surface area contributed by atoms with Gasteiger partial charge >= 0.3 is 0 Å². The standard InChI is InChI=1S/C14H12O.C3H8/c1-2-15-13-9-11-7-3-5-10-6-4-8-12(13)14(10)11;1-3-2/h2-8,13H,1,9H2;3H2,1-2H3. The molecule has 94 valence electrons. The van der Waals surface area contributed by atoms with Gasteiger partial charge in [0.2, 0.25) is 0 Å². The molecule has 0 saturated carbocycles. The maximum atomic E-state index is 5.54. The molecule has 1 unspecified atom stereocenters.